The van der Waals surface area contributed by atoms with Gasteiger partial charge in [0.2, 0.25) is 0 Å². The van der Waals surface area contributed by atoms with E-state index < -0.39 is 0 Å². The van der Waals surface area contributed by atoms with Crippen molar-refractivity contribution < 1.29 is 4.74 Å². The third-order valence-corrected chi connectivity index (χ3v) is 4.58. The Balaban J connectivity index is 2.39. The van der Waals surface area contributed by atoms with E-state index in [0.29, 0.717) is 18.0 Å². The van der Waals surface area contributed by atoms with Gasteiger partial charge in [-0.25, -0.2) is 0 Å². The van der Waals surface area contributed by atoms with Crippen molar-refractivity contribution in [3.63, 3.8) is 0 Å². The number of hydrogen-bond donors (Lipinski definition) is 1. The molecule has 3 atom stereocenters. The van der Waals surface area contributed by atoms with E-state index in [1.54, 1.807) is 7.11 Å². The lowest BCUT2D eigenvalue weighted by Crippen LogP contribution is -2.32. The molecule has 3 unspecified atom stereocenters. The molecule has 20 heavy (non-hydrogen) atoms. The molecule has 1 aliphatic carbocycles. The zero-order valence-electron chi connectivity index (χ0n) is 13.5. The number of rotatable bonds is 6. The fourth-order valence-corrected chi connectivity index (χ4v) is 3.56. The Morgan fingerprint density at radius 1 is 1.45 bits per heavy atom. The molecule has 1 fully saturated rings. The van der Waals surface area contributed by atoms with Crippen LogP contribution in [0.2, 0.25) is 0 Å². The lowest BCUT2D eigenvalue weighted by Gasteiger charge is -2.29. The average Bonchev–Trinajstić information content (AvgIpc) is 3.02. The molecule has 0 saturated heterocycles. The van der Waals surface area contributed by atoms with Gasteiger partial charge in [-0.2, -0.15) is 5.10 Å². The molecule has 1 saturated carbocycles. The van der Waals surface area contributed by atoms with E-state index >= 15 is 0 Å². The molecule has 1 aliphatic rings. The van der Waals surface area contributed by atoms with Crippen molar-refractivity contribution in [2.24, 2.45) is 11.8 Å². The maximum Gasteiger partial charge on any atom is 0.161 e. The fourth-order valence-electron chi connectivity index (χ4n) is 3.56. The third kappa shape index (κ3) is 2.85. The highest BCUT2D eigenvalue weighted by Crippen LogP contribution is 2.42. The van der Waals surface area contributed by atoms with E-state index in [0.717, 1.165) is 18.2 Å². The summed E-state index contributed by atoms with van der Waals surface area (Å²) in [5, 5.41) is 8.22. The molecule has 0 amide bonds. The van der Waals surface area contributed by atoms with E-state index in [2.05, 4.69) is 42.8 Å². The van der Waals surface area contributed by atoms with Crippen LogP contribution in [0.1, 0.15) is 64.7 Å². The van der Waals surface area contributed by atoms with Crippen LogP contribution in [0.3, 0.4) is 0 Å². The smallest absolute Gasteiger partial charge is 0.161 e. The highest BCUT2D eigenvalue weighted by atomic mass is 16.5. The maximum atomic E-state index is 5.57. The Kier molecular flexibility index (Phi) is 5.08. The summed E-state index contributed by atoms with van der Waals surface area (Å²) in [6.45, 7) is 9.88. The summed E-state index contributed by atoms with van der Waals surface area (Å²) in [7, 11) is 1.74. The van der Waals surface area contributed by atoms with Gasteiger partial charge in [-0.05, 0) is 38.6 Å². The molecular formula is C16H29N3O. The second-order valence-corrected chi connectivity index (χ2v) is 6.24. The topological polar surface area (TPSA) is 39.1 Å². The minimum atomic E-state index is 0.345. The highest BCUT2D eigenvalue weighted by molar-refractivity contribution is 5.29. The van der Waals surface area contributed by atoms with Crippen LogP contribution in [0, 0.1) is 11.8 Å². The summed E-state index contributed by atoms with van der Waals surface area (Å²) in [5.41, 5.74) is 1.23. The first-order valence-electron chi connectivity index (χ1n) is 7.94. The second-order valence-electron chi connectivity index (χ2n) is 6.24. The molecule has 2 rings (SSSR count). The van der Waals surface area contributed by atoms with Gasteiger partial charge in [-0.15, -0.1) is 0 Å². The summed E-state index contributed by atoms with van der Waals surface area (Å²) >= 11 is 0. The SMILES string of the molecule is CCNC(c1c(OC)cnn1C(C)C)C1CCCC1C. The van der Waals surface area contributed by atoms with Crippen LogP contribution < -0.4 is 10.1 Å². The van der Waals surface area contributed by atoms with Crippen molar-refractivity contribution >= 4 is 0 Å². The van der Waals surface area contributed by atoms with Gasteiger partial charge >= 0.3 is 0 Å². The zero-order chi connectivity index (χ0) is 14.7. The molecule has 0 bridgehead atoms. The number of hydrogen-bond acceptors (Lipinski definition) is 3. The van der Waals surface area contributed by atoms with Gasteiger partial charge in [-0.1, -0.05) is 26.7 Å². The Morgan fingerprint density at radius 2 is 2.20 bits per heavy atom. The normalized spacial score (nSPS) is 24.3. The second kappa shape index (κ2) is 6.61. The Labute approximate surface area is 122 Å². The zero-order valence-corrected chi connectivity index (χ0v) is 13.5. The largest absolute Gasteiger partial charge is 0.493 e. The lowest BCUT2D eigenvalue weighted by molar-refractivity contribution is 0.277. The van der Waals surface area contributed by atoms with E-state index in [1.165, 1.54) is 25.0 Å². The number of nitrogens with zero attached hydrogens (tertiary/aromatic N) is 2. The Bertz CT molecular complexity index is 427. The van der Waals surface area contributed by atoms with Gasteiger partial charge in [0, 0.05) is 6.04 Å². The quantitative estimate of drug-likeness (QED) is 0.865. The van der Waals surface area contributed by atoms with Crippen LogP contribution in [0.5, 0.6) is 5.75 Å². The summed E-state index contributed by atoms with van der Waals surface area (Å²) in [6, 6.07) is 0.698. The van der Waals surface area contributed by atoms with Gasteiger partial charge in [0.25, 0.3) is 0 Å². The van der Waals surface area contributed by atoms with Crippen LogP contribution in [-0.4, -0.2) is 23.4 Å². The van der Waals surface area contributed by atoms with Crippen molar-refractivity contribution in [2.75, 3.05) is 13.7 Å². The monoisotopic (exact) mass is 279 g/mol. The molecule has 0 radical (unpaired) electrons. The van der Waals surface area contributed by atoms with Crippen molar-refractivity contribution in [1.82, 2.24) is 15.1 Å². The number of aromatic nitrogens is 2. The Morgan fingerprint density at radius 3 is 2.70 bits per heavy atom. The minimum absolute atomic E-state index is 0.345. The number of methoxy groups -OCH3 is 1. The van der Waals surface area contributed by atoms with Gasteiger partial charge in [-0.3, -0.25) is 4.68 Å². The lowest BCUT2D eigenvalue weighted by atomic mass is 9.87. The van der Waals surface area contributed by atoms with Gasteiger partial charge in [0.1, 0.15) is 0 Å². The minimum Gasteiger partial charge on any atom is -0.493 e. The highest BCUT2D eigenvalue weighted by Gasteiger charge is 2.35. The third-order valence-electron chi connectivity index (χ3n) is 4.58. The Hall–Kier alpha value is -1.03. The first kappa shape index (κ1) is 15.4. The maximum absolute atomic E-state index is 5.57. The van der Waals surface area contributed by atoms with Crippen LogP contribution >= 0.6 is 0 Å². The van der Waals surface area contributed by atoms with Gasteiger partial charge < -0.3 is 10.1 Å². The van der Waals surface area contributed by atoms with Crippen LogP contribution in [0.15, 0.2) is 6.20 Å². The predicted molar refractivity (Wildman–Crippen MR) is 82.1 cm³/mol. The molecule has 0 aliphatic heterocycles. The molecule has 4 nitrogen and oxygen atoms in total. The van der Waals surface area contributed by atoms with Crippen LogP contribution in [0.4, 0.5) is 0 Å². The first-order chi connectivity index (χ1) is 9.60. The predicted octanol–water partition coefficient (Wildman–Crippen LogP) is 3.56. The average molecular weight is 279 g/mol. The molecule has 4 heteroatoms. The molecule has 1 N–H and O–H groups in total. The molecule has 0 spiro atoms. The fraction of sp³-hybridized carbons (Fsp3) is 0.812. The molecule has 0 aromatic carbocycles. The molecule has 1 aromatic rings. The van der Waals surface area contributed by atoms with Crippen LogP contribution in [0.25, 0.3) is 0 Å². The van der Waals surface area contributed by atoms with E-state index in [4.69, 9.17) is 4.74 Å². The van der Waals surface area contributed by atoms with E-state index in [-0.39, 0.29) is 0 Å². The van der Waals surface area contributed by atoms with Gasteiger partial charge in [0.05, 0.1) is 25.0 Å². The van der Waals surface area contributed by atoms with Crippen molar-refractivity contribution in [3.8, 4) is 5.75 Å². The van der Waals surface area contributed by atoms with Crippen molar-refractivity contribution in [1.29, 1.82) is 0 Å². The summed E-state index contributed by atoms with van der Waals surface area (Å²) in [5.74, 6) is 2.36. The number of nitrogens with one attached hydrogen (secondary N) is 1. The van der Waals surface area contributed by atoms with Crippen molar-refractivity contribution in [2.45, 2.75) is 59.0 Å². The summed E-state index contributed by atoms with van der Waals surface area (Å²) < 4.78 is 7.70. The molecule has 1 aromatic heterocycles. The summed E-state index contributed by atoms with van der Waals surface area (Å²) in [6.07, 6.45) is 5.83. The van der Waals surface area contributed by atoms with E-state index in [1.807, 2.05) is 6.20 Å². The standard InChI is InChI=1S/C16H29N3O/c1-6-17-15(13-9-7-8-12(13)4)16-14(20-5)10-18-19(16)11(2)3/h10-13,15,17H,6-9H2,1-5H3. The van der Waals surface area contributed by atoms with Gasteiger partial charge in [0.15, 0.2) is 5.75 Å². The number of ether oxygens (including phenoxy) is 1. The summed E-state index contributed by atoms with van der Waals surface area (Å²) in [4.78, 5) is 0. The molecule has 1 heterocycles. The van der Waals surface area contributed by atoms with Crippen LogP contribution in [-0.2, 0) is 0 Å². The van der Waals surface area contributed by atoms with Crippen molar-refractivity contribution in [3.05, 3.63) is 11.9 Å². The molecule has 114 valence electrons. The first-order valence-corrected chi connectivity index (χ1v) is 7.94. The van der Waals surface area contributed by atoms with E-state index in [9.17, 15) is 0 Å². The molecular weight excluding hydrogens is 250 g/mol.